The SMILES string of the molecule is O=P(N[C@H](O)C(Cl)(Cl)Cl)(Oc1ccccc1)Oc1ccccc1. The molecule has 0 fully saturated rings. The Bertz CT molecular complexity index is 621. The van der Waals surface area contributed by atoms with Crippen LogP contribution in [0, 0.1) is 0 Å². The van der Waals surface area contributed by atoms with Crippen LogP contribution in [0.15, 0.2) is 60.7 Å². The van der Waals surface area contributed by atoms with Gasteiger partial charge in [-0.3, -0.25) is 0 Å². The molecule has 0 radical (unpaired) electrons. The van der Waals surface area contributed by atoms with Gasteiger partial charge in [0.2, 0.25) is 3.79 Å². The number of para-hydroxylation sites is 2. The molecule has 0 bridgehead atoms. The van der Waals surface area contributed by atoms with Crippen molar-refractivity contribution in [1.82, 2.24) is 5.09 Å². The average Bonchev–Trinajstić information content (AvgIpc) is 2.47. The van der Waals surface area contributed by atoms with Crippen molar-refractivity contribution >= 4 is 42.5 Å². The van der Waals surface area contributed by atoms with E-state index in [1.807, 2.05) is 0 Å². The van der Waals surface area contributed by atoms with E-state index in [1.54, 1.807) is 60.7 Å². The van der Waals surface area contributed by atoms with Crippen LogP contribution in [0.2, 0.25) is 0 Å². The minimum atomic E-state index is -4.07. The van der Waals surface area contributed by atoms with Crippen molar-refractivity contribution in [3.63, 3.8) is 0 Å². The summed E-state index contributed by atoms with van der Waals surface area (Å²) in [6, 6.07) is 16.6. The number of aliphatic hydroxyl groups is 1. The summed E-state index contributed by atoms with van der Waals surface area (Å²) >= 11 is 16.7. The van der Waals surface area contributed by atoms with E-state index in [4.69, 9.17) is 43.9 Å². The van der Waals surface area contributed by atoms with Crippen LogP contribution in [-0.4, -0.2) is 15.1 Å². The van der Waals surface area contributed by atoms with Crippen LogP contribution in [0.3, 0.4) is 0 Å². The molecule has 2 N–H and O–H groups in total. The molecule has 0 aromatic heterocycles. The fourth-order valence-electron chi connectivity index (χ4n) is 1.53. The molecule has 0 aliphatic rings. The number of hydrogen-bond acceptors (Lipinski definition) is 4. The molecule has 0 saturated heterocycles. The second kappa shape index (κ2) is 7.75. The summed E-state index contributed by atoms with van der Waals surface area (Å²) in [7, 11) is -4.07. The minimum absolute atomic E-state index is 0.260. The zero-order valence-electron chi connectivity index (χ0n) is 11.6. The number of alkyl halides is 3. The second-order valence-corrected chi connectivity index (χ2v) is 8.37. The molecule has 2 aromatic rings. The Morgan fingerprint density at radius 2 is 1.30 bits per heavy atom. The lowest BCUT2D eigenvalue weighted by Gasteiger charge is -2.26. The number of rotatable bonds is 6. The lowest BCUT2D eigenvalue weighted by molar-refractivity contribution is 0.156. The van der Waals surface area contributed by atoms with Crippen molar-refractivity contribution in [1.29, 1.82) is 0 Å². The molecule has 0 amide bonds. The van der Waals surface area contributed by atoms with Crippen LogP contribution in [0.5, 0.6) is 11.5 Å². The van der Waals surface area contributed by atoms with E-state index in [-0.39, 0.29) is 11.5 Å². The standard InChI is InChI=1S/C14H13Cl3NO4P/c15-14(16,17)13(19)18-23(20,21-11-7-3-1-4-8-11)22-12-9-5-2-6-10-12/h1-10,13,19H,(H,18,20)/t13-/m1/s1. The Balaban J connectivity index is 2.24. The second-order valence-electron chi connectivity index (χ2n) is 4.38. The summed E-state index contributed by atoms with van der Waals surface area (Å²) in [6.45, 7) is 0. The molecule has 124 valence electrons. The lowest BCUT2D eigenvalue weighted by Crippen LogP contribution is -2.40. The number of nitrogens with one attached hydrogen (secondary N) is 1. The molecule has 0 spiro atoms. The third-order valence-corrected chi connectivity index (χ3v) is 4.61. The molecule has 0 aliphatic heterocycles. The molecular weight excluding hydrogens is 383 g/mol. The van der Waals surface area contributed by atoms with Gasteiger partial charge in [-0.05, 0) is 24.3 Å². The van der Waals surface area contributed by atoms with E-state index in [0.717, 1.165) is 0 Å². The zero-order valence-corrected chi connectivity index (χ0v) is 14.8. The van der Waals surface area contributed by atoms with E-state index in [9.17, 15) is 9.67 Å². The third-order valence-electron chi connectivity index (χ3n) is 2.53. The summed E-state index contributed by atoms with van der Waals surface area (Å²) in [4.78, 5) is 0. The number of aliphatic hydroxyl groups excluding tert-OH is 1. The van der Waals surface area contributed by atoms with Crippen molar-refractivity contribution in [2.45, 2.75) is 10.0 Å². The van der Waals surface area contributed by atoms with Crippen molar-refractivity contribution in [2.24, 2.45) is 0 Å². The smallest absolute Gasteiger partial charge is 0.404 e. The molecule has 2 rings (SSSR count). The highest BCUT2D eigenvalue weighted by atomic mass is 35.6. The molecule has 5 nitrogen and oxygen atoms in total. The largest absolute Gasteiger partial charge is 0.515 e. The predicted octanol–water partition coefficient (Wildman–Crippen LogP) is 4.53. The molecule has 1 atom stereocenters. The van der Waals surface area contributed by atoms with Crippen LogP contribution in [0.4, 0.5) is 0 Å². The number of halogens is 3. The fourth-order valence-corrected chi connectivity index (χ4v) is 3.36. The Morgan fingerprint density at radius 3 is 1.65 bits per heavy atom. The lowest BCUT2D eigenvalue weighted by atomic mass is 10.3. The average molecular weight is 397 g/mol. The zero-order chi connectivity index (χ0) is 16.9. The summed E-state index contributed by atoms with van der Waals surface area (Å²) in [6.07, 6.45) is -1.77. The van der Waals surface area contributed by atoms with Crippen LogP contribution >= 0.6 is 42.5 Å². The van der Waals surface area contributed by atoms with Crippen LogP contribution in [0.25, 0.3) is 0 Å². The van der Waals surface area contributed by atoms with E-state index in [1.165, 1.54) is 0 Å². The van der Waals surface area contributed by atoms with Crippen LogP contribution in [0.1, 0.15) is 0 Å². The first-order valence-electron chi connectivity index (χ1n) is 6.40. The summed E-state index contributed by atoms with van der Waals surface area (Å²) in [5.74, 6) is 0.520. The van der Waals surface area contributed by atoms with E-state index in [2.05, 4.69) is 5.09 Å². The van der Waals surface area contributed by atoms with E-state index >= 15 is 0 Å². The molecule has 2 aromatic carbocycles. The predicted molar refractivity (Wildman–Crippen MR) is 91.2 cm³/mol. The van der Waals surface area contributed by atoms with Crippen LogP contribution < -0.4 is 14.1 Å². The van der Waals surface area contributed by atoms with Gasteiger partial charge in [-0.15, -0.1) is 0 Å². The fraction of sp³-hybridized carbons (Fsp3) is 0.143. The van der Waals surface area contributed by atoms with Gasteiger partial charge < -0.3 is 14.2 Å². The van der Waals surface area contributed by atoms with Gasteiger partial charge in [-0.25, -0.2) is 4.57 Å². The van der Waals surface area contributed by atoms with Crippen molar-refractivity contribution in [2.75, 3.05) is 0 Å². The molecule has 23 heavy (non-hydrogen) atoms. The number of benzene rings is 2. The maximum absolute atomic E-state index is 12.9. The first kappa shape index (κ1) is 18.4. The van der Waals surface area contributed by atoms with Gasteiger partial charge in [-0.2, -0.15) is 5.09 Å². The normalized spacial score (nSPS) is 13.4. The molecule has 0 unspecified atom stereocenters. The van der Waals surface area contributed by atoms with Gasteiger partial charge in [-0.1, -0.05) is 71.2 Å². The van der Waals surface area contributed by atoms with Crippen LogP contribution in [-0.2, 0) is 4.57 Å². The van der Waals surface area contributed by atoms with Gasteiger partial charge >= 0.3 is 7.75 Å². The van der Waals surface area contributed by atoms with E-state index in [0.29, 0.717) is 0 Å². The van der Waals surface area contributed by atoms with Gasteiger partial charge in [0.15, 0.2) is 6.23 Å². The topological polar surface area (TPSA) is 67.8 Å². The summed E-state index contributed by atoms with van der Waals surface area (Å²) < 4.78 is 21.5. The highest BCUT2D eigenvalue weighted by Crippen LogP contribution is 2.47. The van der Waals surface area contributed by atoms with Gasteiger partial charge in [0, 0.05) is 0 Å². The minimum Gasteiger partial charge on any atom is -0.404 e. The summed E-state index contributed by atoms with van der Waals surface area (Å²) in [5, 5.41) is 12.0. The molecule has 0 saturated carbocycles. The van der Waals surface area contributed by atoms with Crippen molar-refractivity contribution in [3.05, 3.63) is 60.7 Å². The highest BCUT2D eigenvalue weighted by Gasteiger charge is 2.40. The molecular formula is C14H13Cl3NO4P. The van der Waals surface area contributed by atoms with Crippen molar-refractivity contribution < 1.29 is 18.7 Å². The molecule has 9 heteroatoms. The van der Waals surface area contributed by atoms with Gasteiger partial charge in [0.25, 0.3) is 0 Å². The van der Waals surface area contributed by atoms with Crippen molar-refractivity contribution in [3.8, 4) is 11.5 Å². The van der Waals surface area contributed by atoms with E-state index < -0.39 is 17.8 Å². The number of hydrogen-bond donors (Lipinski definition) is 2. The van der Waals surface area contributed by atoms with Gasteiger partial charge in [0.05, 0.1) is 0 Å². The van der Waals surface area contributed by atoms with Gasteiger partial charge in [0.1, 0.15) is 11.5 Å². The Hall–Kier alpha value is -0.940. The third kappa shape index (κ3) is 5.88. The first-order valence-corrected chi connectivity index (χ1v) is 9.08. The monoisotopic (exact) mass is 395 g/mol. The highest BCUT2D eigenvalue weighted by molar-refractivity contribution is 7.52. The maximum atomic E-state index is 12.9. The molecule has 0 heterocycles. The maximum Gasteiger partial charge on any atom is 0.515 e. The quantitative estimate of drug-likeness (QED) is 0.426. The molecule has 0 aliphatic carbocycles. The Kier molecular flexibility index (Phi) is 6.20. The summed E-state index contributed by atoms with van der Waals surface area (Å²) in [5.41, 5.74) is 0. The Morgan fingerprint density at radius 1 is 0.913 bits per heavy atom. The Labute approximate surface area is 148 Å². The first-order chi connectivity index (χ1) is 10.8.